The first-order valence-electron chi connectivity index (χ1n) is 7.20. The maximum Gasteiger partial charge on any atom is 0.328 e. The van der Waals surface area contributed by atoms with Crippen LogP contribution < -0.4 is 22.1 Å². The second kappa shape index (κ2) is 11.6. The second-order valence-corrected chi connectivity index (χ2v) is 6.02. The molecule has 0 aliphatic heterocycles. The number of hydrogen-bond acceptors (Lipinski definition) is 7. The van der Waals surface area contributed by atoms with Crippen molar-refractivity contribution >= 4 is 35.5 Å². The minimum atomic E-state index is -1.52. The third-order valence-corrected chi connectivity index (χ3v) is 3.72. The normalized spacial score (nSPS) is 14.3. The maximum atomic E-state index is 12.1. The summed E-state index contributed by atoms with van der Waals surface area (Å²) in [4.78, 5) is 45.8. The Morgan fingerprint density at radius 3 is 2.12 bits per heavy atom. The highest BCUT2D eigenvalue weighted by Crippen LogP contribution is 2.02. The monoisotopic (exact) mass is 364 g/mol. The Kier molecular flexibility index (Phi) is 10.8. The lowest BCUT2D eigenvalue weighted by Gasteiger charge is -2.22. The molecule has 8 N–H and O–H groups in total. The van der Waals surface area contributed by atoms with Crippen LogP contribution in [0.5, 0.6) is 0 Å². The van der Waals surface area contributed by atoms with E-state index in [1.54, 1.807) is 0 Å². The molecule has 0 saturated heterocycles. The molecule has 3 atom stereocenters. The van der Waals surface area contributed by atoms with Crippen LogP contribution in [-0.4, -0.2) is 70.6 Å². The lowest BCUT2D eigenvalue weighted by Crippen LogP contribution is -2.55. The molecule has 0 aliphatic carbocycles. The van der Waals surface area contributed by atoms with Crippen LogP contribution in [0.15, 0.2) is 0 Å². The summed E-state index contributed by atoms with van der Waals surface area (Å²) in [6.45, 7) is -0.815. The third kappa shape index (κ3) is 8.70. The molecule has 138 valence electrons. The highest BCUT2D eigenvalue weighted by Gasteiger charge is 2.27. The number of amides is 3. The molecule has 0 radical (unpaired) electrons. The van der Waals surface area contributed by atoms with Crippen molar-refractivity contribution in [1.82, 2.24) is 10.6 Å². The Bertz CT molecular complexity index is 462. The lowest BCUT2D eigenvalue weighted by atomic mass is 10.1. The fourth-order valence-electron chi connectivity index (χ4n) is 1.67. The van der Waals surface area contributed by atoms with Crippen molar-refractivity contribution in [3.63, 3.8) is 0 Å². The molecule has 0 unspecified atom stereocenters. The van der Waals surface area contributed by atoms with Gasteiger partial charge in [-0.3, -0.25) is 14.4 Å². The zero-order chi connectivity index (χ0) is 18.7. The quantitative estimate of drug-likeness (QED) is 0.217. The molecule has 0 saturated carbocycles. The summed E-state index contributed by atoms with van der Waals surface area (Å²) in [7, 11) is 0. The molecule has 0 fully saturated rings. The van der Waals surface area contributed by atoms with Gasteiger partial charge in [-0.2, -0.15) is 11.8 Å². The van der Waals surface area contributed by atoms with Gasteiger partial charge in [-0.1, -0.05) is 0 Å². The average Bonchev–Trinajstić information content (AvgIpc) is 2.52. The molecule has 0 aromatic heterocycles. The van der Waals surface area contributed by atoms with Gasteiger partial charge in [0.05, 0.1) is 12.6 Å². The van der Waals surface area contributed by atoms with E-state index in [1.165, 1.54) is 11.8 Å². The van der Waals surface area contributed by atoms with Crippen LogP contribution >= 0.6 is 11.8 Å². The number of carboxylic acids is 1. The van der Waals surface area contributed by atoms with E-state index in [9.17, 15) is 19.2 Å². The topological polar surface area (TPSA) is 185 Å². The molecule has 0 bridgehead atoms. The van der Waals surface area contributed by atoms with E-state index in [1.807, 2.05) is 6.26 Å². The van der Waals surface area contributed by atoms with Gasteiger partial charge >= 0.3 is 5.97 Å². The summed E-state index contributed by atoms with van der Waals surface area (Å²) < 4.78 is 0. The van der Waals surface area contributed by atoms with Gasteiger partial charge in [-0.15, -0.1) is 0 Å². The van der Waals surface area contributed by atoms with Crippen molar-refractivity contribution in [2.24, 2.45) is 11.5 Å². The lowest BCUT2D eigenvalue weighted by molar-refractivity contribution is -0.143. The number of hydrogen-bond donors (Lipinski definition) is 6. The first kappa shape index (κ1) is 22.1. The van der Waals surface area contributed by atoms with Crippen LogP contribution in [0.4, 0.5) is 0 Å². The van der Waals surface area contributed by atoms with E-state index in [0.717, 1.165) is 0 Å². The zero-order valence-electron chi connectivity index (χ0n) is 13.4. The van der Waals surface area contributed by atoms with Gasteiger partial charge < -0.3 is 32.3 Å². The summed E-state index contributed by atoms with van der Waals surface area (Å²) in [6, 6.07) is -3.54. The first-order chi connectivity index (χ1) is 11.2. The van der Waals surface area contributed by atoms with Crippen molar-refractivity contribution in [2.75, 3.05) is 18.6 Å². The predicted octanol–water partition coefficient (Wildman–Crippen LogP) is -2.62. The van der Waals surface area contributed by atoms with E-state index in [4.69, 9.17) is 21.7 Å². The van der Waals surface area contributed by atoms with Gasteiger partial charge in [0.25, 0.3) is 0 Å². The van der Waals surface area contributed by atoms with E-state index < -0.39 is 48.4 Å². The number of aliphatic hydroxyl groups is 1. The molecule has 0 aromatic carbocycles. The Morgan fingerprint density at radius 2 is 1.67 bits per heavy atom. The number of carboxylic acid groups (broad SMARTS) is 1. The molecule has 0 aromatic rings. The first-order valence-corrected chi connectivity index (χ1v) is 8.59. The van der Waals surface area contributed by atoms with Crippen molar-refractivity contribution in [2.45, 2.75) is 37.4 Å². The molecule has 10 nitrogen and oxygen atoms in total. The van der Waals surface area contributed by atoms with Gasteiger partial charge in [0.1, 0.15) is 12.1 Å². The highest BCUT2D eigenvalue weighted by atomic mass is 32.2. The fourth-order valence-corrected chi connectivity index (χ4v) is 2.16. The highest BCUT2D eigenvalue weighted by molar-refractivity contribution is 7.98. The Balaban J connectivity index is 4.89. The number of aliphatic hydroxyl groups excluding tert-OH is 1. The Labute approximate surface area is 143 Å². The number of carbonyl (C=O) groups is 4. The number of rotatable bonds is 12. The van der Waals surface area contributed by atoms with Crippen LogP contribution in [0.2, 0.25) is 0 Å². The number of nitrogens with two attached hydrogens (primary N) is 2. The van der Waals surface area contributed by atoms with Crippen molar-refractivity contribution in [3.8, 4) is 0 Å². The standard InChI is InChI=1S/C13H24N4O6S/c1-24-5-4-7(14)11(20)16-8(2-3-10(15)19)12(21)17-9(6-18)13(22)23/h7-9,18H,2-6,14H2,1H3,(H2,15,19)(H,16,20)(H,17,21)(H,22,23)/t7-,8-,9-/m0/s1. The molecule has 11 heteroatoms. The molecule has 0 spiro atoms. The van der Waals surface area contributed by atoms with Crippen molar-refractivity contribution < 1.29 is 29.4 Å². The minimum absolute atomic E-state index is 0.111. The molecular formula is C13H24N4O6S. The number of thioether (sulfide) groups is 1. The zero-order valence-corrected chi connectivity index (χ0v) is 14.2. The van der Waals surface area contributed by atoms with Crippen molar-refractivity contribution in [3.05, 3.63) is 0 Å². The molecule has 3 amide bonds. The van der Waals surface area contributed by atoms with Gasteiger partial charge in [-0.25, -0.2) is 4.79 Å². The number of nitrogens with one attached hydrogen (secondary N) is 2. The Hall–Kier alpha value is -1.85. The van der Waals surface area contributed by atoms with Crippen LogP contribution in [0, 0.1) is 0 Å². The van der Waals surface area contributed by atoms with E-state index in [0.29, 0.717) is 12.2 Å². The smallest absolute Gasteiger partial charge is 0.328 e. The SMILES string of the molecule is CSCC[C@H](N)C(=O)N[C@@H](CCC(N)=O)C(=O)N[C@@H](CO)C(=O)O. The molecular weight excluding hydrogens is 340 g/mol. The summed E-state index contributed by atoms with van der Waals surface area (Å²) in [6.07, 6.45) is 1.95. The second-order valence-electron chi connectivity index (χ2n) is 5.04. The molecule has 0 heterocycles. The maximum absolute atomic E-state index is 12.1. The molecule has 0 rings (SSSR count). The third-order valence-electron chi connectivity index (χ3n) is 3.08. The predicted molar refractivity (Wildman–Crippen MR) is 88.0 cm³/mol. The largest absolute Gasteiger partial charge is 0.480 e. The van der Waals surface area contributed by atoms with Crippen LogP contribution in [0.3, 0.4) is 0 Å². The van der Waals surface area contributed by atoms with Gasteiger partial charge in [0.2, 0.25) is 17.7 Å². The van der Waals surface area contributed by atoms with Gasteiger partial charge in [-0.05, 0) is 24.9 Å². The van der Waals surface area contributed by atoms with E-state index >= 15 is 0 Å². The van der Waals surface area contributed by atoms with Crippen LogP contribution in [-0.2, 0) is 19.2 Å². The molecule has 24 heavy (non-hydrogen) atoms. The summed E-state index contributed by atoms with van der Waals surface area (Å²) >= 11 is 1.51. The summed E-state index contributed by atoms with van der Waals surface area (Å²) in [5, 5.41) is 22.2. The number of primary amides is 1. The number of carbonyl (C=O) groups excluding carboxylic acids is 3. The Morgan fingerprint density at radius 1 is 1.08 bits per heavy atom. The van der Waals surface area contributed by atoms with E-state index in [-0.39, 0.29) is 12.8 Å². The van der Waals surface area contributed by atoms with Gasteiger partial charge in [0.15, 0.2) is 0 Å². The average molecular weight is 364 g/mol. The molecule has 0 aliphatic rings. The number of aliphatic carboxylic acids is 1. The van der Waals surface area contributed by atoms with E-state index in [2.05, 4.69) is 10.6 Å². The van der Waals surface area contributed by atoms with Gasteiger partial charge in [0, 0.05) is 6.42 Å². The minimum Gasteiger partial charge on any atom is -0.480 e. The van der Waals surface area contributed by atoms with Crippen LogP contribution in [0.1, 0.15) is 19.3 Å². The van der Waals surface area contributed by atoms with Crippen LogP contribution in [0.25, 0.3) is 0 Å². The summed E-state index contributed by atoms with van der Waals surface area (Å²) in [5.41, 5.74) is 10.7. The summed E-state index contributed by atoms with van der Waals surface area (Å²) in [5.74, 6) is -2.89. The van der Waals surface area contributed by atoms with Crippen molar-refractivity contribution in [1.29, 1.82) is 0 Å². The fraction of sp³-hybridized carbons (Fsp3) is 0.692.